The lowest BCUT2D eigenvalue weighted by molar-refractivity contribution is -0.129. The lowest BCUT2D eigenvalue weighted by Gasteiger charge is -2.31. The molecule has 0 spiro atoms. The van der Waals surface area contributed by atoms with Crippen molar-refractivity contribution in [1.82, 2.24) is 5.32 Å². The third kappa shape index (κ3) is 4.59. The first-order valence-corrected chi connectivity index (χ1v) is 6.92. The highest BCUT2D eigenvalue weighted by Gasteiger charge is 2.35. The van der Waals surface area contributed by atoms with E-state index in [9.17, 15) is 4.79 Å². The van der Waals surface area contributed by atoms with Crippen molar-refractivity contribution in [2.75, 3.05) is 26.9 Å². The quantitative estimate of drug-likeness (QED) is 0.859. The molecule has 1 aromatic carbocycles. The number of hydrogen-bond acceptors (Lipinski definition) is 4. The number of ether oxygens (including phenoxy) is 2. The maximum absolute atomic E-state index is 12.1. The first kappa shape index (κ1) is 17.8. The summed E-state index contributed by atoms with van der Waals surface area (Å²) in [6, 6.07) is 7.80. The van der Waals surface area contributed by atoms with Crippen LogP contribution >= 0.6 is 12.4 Å². The standard InChI is InChI=1S/C15H22N2O3.ClH/c1-19-13-5-3-2-4-12(13)6-9-17-14(18)15(16)7-10-20-11-8-15;/h2-5H,6-11,16H2,1H3,(H,17,18);1H. The Morgan fingerprint density at radius 1 is 1.38 bits per heavy atom. The van der Waals surface area contributed by atoms with Gasteiger partial charge in [0.05, 0.1) is 12.6 Å². The largest absolute Gasteiger partial charge is 0.496 e. The Balaban J connectivity index is 0.00000220. The molecular weight excluding hydrogens is 292 g/mol. The Hall–Kier alpha value is -1.30. The summed E-state index contributed by atoms with van der Waals surface area (Å²) < 4.78 is 10.5. The average molecular weight is 315 g/mol. The minimum absolute atomic E-state index is 0. The van der Waals surface area contributed by atoms with E-state index >= 15 is 0 Å². The third-order valence-corrected chi connectivity index (χ3v) is 3.71. The fourth-order valence-electron chi connectivity index (χ4n) is 2.36. The topological polar surface area (TPSA) is 73.6 Å². The molecule has 0 saturated carbocycles. The van der Waals surface area contributed by atoms with Gasteiger partial charge in [-0.15, -0.1) is 12.4 Å². The summed E-state index contributed by atoms with van der Waals surface area (Å²) in [5.74, 6) is 0.756. The second-order valence-electron chi connectivity index (χ2n) is 5.09. The van der Waals surface area contributed by atoms with Crippen LogP contribution in [0.4, 0.5) is 0 Å². The second kappa shape index (κ2) is 8.22. The molecule has 1 saturated heterocycles. The normalized spacial score (nSPS) is 16.7. The summed E-state index contributed by atoms with van der Waals surface area (Å²) in [5, 5.41) is 2.92. The highest BCUT2D eigenvalue weighted by molar-refractivity contribution is 5.86. The predicted octanol–water partition coefficient (Wildman–Crippen LogP) is 1.28. The number of nitrogens with two attached hydrogens (primary N) is 1. The van der Waals surface area contributed by atoms with Gasteiger partial charge in [-0.1, -0.05) is 18.2 Å². The molecule has 6 heteroatoms. The van der Waals surface area contributed by atoms with E-state index in [2.05, 4.69) is 5.32 Å². The number of rotatable bonds is 5. The summed E-state index contributed by atoms with van der Waals surface area (Å²) in [6.45, 7) is 1.66. The molecule has 1 fully saturated rings. The molecule has 21 heavy (non-hydrogen) atoms. The van der Waals surface area contributed by atoms with Gasteiger partial charge in [-0.25, -0.2) is 0 Å². The van der Waals surface area contributed by atoms with E-state index in [0.717, 1.165) is 17.7 Å². The minimum atomic E-state index is -0.779. The highest BCUT2D eigenvalue weighted by atomic mass is 35.5. The molecule has 118 valence electrons. The number of para-hydroxylation sites is 1. The minimum Gasteiger partial charge on any atom is -0.496 e. The van der Waals surface area contributed by atoms with E-state index < -0.39 is 5.54 Å². The zero-order valence-electron chi connectivity index (χ0n) is 12.3. The van der Waals surface area contributed by atoms with E-state index in [1.54, 1.807) is 7.11 Å². The van der Waals surface area contributed by atoms with Gasteiger partial charge in [-0.2, -0.15) is 0 Å². The first-order valence-electron chi connectivity index (χ1n) is 6.92. The number of hydrogen-bond donors (Lipinski definition) is 2. The van der Waals surface area contributed by atoms with Crippen LogP contribution in [0.3, 0.4) is 0 Å². The van der Waals surface area contributed by atoms with Crippen LogP contribution in [0.1, 0.15) is 18.4 Å². The molecule has 0 radical (unpaired) electrons. The van der Waals surface area contributed by atoms with Gasteiger partial charge in [0, 0.05) is 19.8 Å². The predicted molar refractivity (Wildman–Crippen MR) is 83.9 cm³/mol. The molecule has 0 unspecified atom stereocenters. The maximum Gasteiger partial charge on any atom is 0.240 e. The number of benzene rings is 1. The number of methoxy groups -OCH3 is 1. The lowest BCUT2D eigenvalue weighted by atomic mass is 9.90. The van der Waals surface area contributed by atoms with Gasteiger partial charge in [-0.05, 0) is 30.9 Å². The Kier molecular flexibility index (Phi) is 6.95. The van der Waals surface area contributed by atoms with Gasteiger partial charge >= 0.3 is 0 Å². The van der Waals surface area contributed by atoms with Crippen molar-refractivity contribution in [3.05, 3.63) is 29.8 Å². The number of amides is 1. The zero-order chi connectivity index (χ0) is 14.4. The molecule has 1 heterocycles. The van der Waals surface area contributed by atoms with Crippen molar-refractivity contribution in [2.24, 2.45) is 5.73 Å². The van der Waals surface area contributed by atoms with Crippen LogP contribution in [0.2, 0.25) is 0 Å². The molecule has 0 bridgehead atoms. The number of carbonyl (C=O) groups excluding carboxylic acids is 1. The van der Waals surface area contributed by atoms with Crippen molar-refractivity contribution >= 4 is 18.3 Å². The molecule has 0 aliphatic carbocycles. The van der Waals surface area contributed by atoms with Crippen LogP contribution in [-0.2, 0) is 16.0 Å². The van der Waals surface area contributed by atoms with Gasteiger partial charge in [0.2, 0.25) is 5.91 Å². The molecular formula is C15H23ClN2O3. The van der Waals surface area contributed by atoms with Crippen molar-refractivity contribution in [3.63, 3.8) is 0 Å². The first-order chi connectivity index (χ1) is 9.65. The van der Waals surface area contributed by atoms with Crippen LogP contribution in [0, 0.1) is 0 Å². The molecule has 2 rings (SSSR count). The highest BCUT2D eigenvalue weighted by Crippen LogP contribution is 2.19. The Morgan fingerprint density at radius 3 is 2.71 bits per heavy atom. The van der Waals surface area contributed by atoms with Crippen LogP contribution in [0.25, 0.3) is 0 Å². The van der Waals surface area contributed by atoms with Crippen LogP contribution < -0.4 is 15.8 Å². The van der Waals surface area contributed by atoms with Gasteiger partial charge in [0.1, 0.15) is 5.75 Å². The van der Waals surface area contributed by atoms with Gasteiger partial charge in [0.15, 0.2) is 0 Å². The van der Waals surface area contributed by atoms with Crippen LogP contribution in [0.5, 0.6) is 5.75 Å². The number of nitrogens with one attached hydrogen (secondary N) is 1. The summed E-state index contributed by atoms with van der Waals surface area (Å²) in [6.07, 6.45) is 1.88. The number of carbonyl (C=O) groups is 1. The zero-order valence-corrected chi connectivity index (χ0v) is 13.1. The Labute approximate surface area is 131 Å². The van der Waals surface area contributed by atoms with Crippen molar-refractivity contribution in [3.8, 4) is 5.75 Å². The molecule has 0 aromatic heterocycles. The molecule has 3 N–H and O–H groups in total. The second-order valence-corrected chi connectivity index (χ2v) is 5.09. The molecule has 1 aliphatic rings. The Morgan fingerprint density at radius 2 is 2.05 bits per heavy atom. The monoisotopic (exact) mass is 314 g/mol. The molecule has 1 aliphatic heterocycles. The lowest BCUT2D eigenvalue weighted by Crippen LogP contribution is -2.57. The summed E-state index contributed by atoms with van der Waals surface area (Å²) in [4.78, 5) is 12.1. The van der Waals surface area contributed by atoms with E-state index in [1.807, 2.05) is 24.3 Å². The SMILES string of the molecule is COc1ccccc1CCNC(=O)C1(N)CCOCC1.Cl. The summed E-state index contributed by atoms with van der Waals surface area (Å²) in [7, 11) is 1.65. The van der Waals surface area contributed by atoms with E-state index in [1.165, 1.54) is 0 Å². The van der Waals surface area contributed by atoms with Crippen molar-refractivity contribution < 1.29 is 14.3 Å². The van der Waals surface area contributed by atoms with Gasteiger partial charge in [-0.3, -0.25) is 4.79 Å². The maximum atomic E-state index is 12.1. The molecule has 1 aromatic rings. The smallest absolute Gasteiger partial charge is 0.240 e. The summed E-state index contributed by atoms with van der Waals surface area (Å²) >= 11 is 0. The van der Waals surface area contributed by atoms with E-state index in [-0.39, 0.29) is 18.3 Å². The third-order valence-electron chi connectivity index (χ3n) is 3.71. The number of halogens is 1. The van der Waals surface area contributed by atoms with Crippen LogP contribution in [0.15, 0.2) is 24.3 Å². The average Bonchev–Trinajstić information content (AvgIpc) is 2.48. The van der Waals surface area contributed by atoms with E-state index in [4.69, 9.17) is 15.2 Å². The Bertz CT molecular complexity index is 462. The van der Waals surface area contributed by atoms with Gasteiger partial charge in [0.25, 0.3) is 0 Å². The fourth-order valence-corrected chi connectivity index (χ4v) is 2.36. The van der Waals surface area contributed by atoms with Crippen molar-refractivity contribution in [2.45, 2.75) is 24.8 Å². The molecule has 5 nitrogen and oxygen atoms in total. The van der Waals surface area contributed by atoms with Crippen molar-refractivity contribution in [1.29, 1.82) is 0 Å². The summed E-state index contributed by atoms with van der Waals surface area (Å²) in [5.41, 5.74) is 6.42. The fraction of sp³-hybridized carbons (Fsp3) is 0.533. The molecule has 0 atom stereocenters. The molecule has 1 amide bonds. The van der Waals surface area contributed by atoms with Crippen LogP contribution in [-0.4, -0.2) is 38.3 Å². The van der Waals surface area contributed by atoms with Gasteiger partial charge < -0.3 is 20.5 Å². The van der Waals surface area contributed by atoms with E-state index in [0.29, 0.717) is 32.6 Å².